The number of benzene rings is 2. The minimum Gasteiger partial charge on any atom is -0.486 e. The Labute approximate surface area is 151 Å². The average Bonchev–Trinajstić information content (AvgIpc) is 2.62. The molecule has 1 N–H and O–H groups in total. The summed E-state index contributed by atoms with van der Waals surface area (Å²) in [4.78, 5) is 12.0. The van der Waals surface area contributed by atoms with Crippen LogP contribution in [0.25, 0.3) is 0 Å². The summed E-state index contributed by atoms with van der Waals surface area (Å²) < 4.78 is 16.9. The summed E-state index contributed by atoms with van der Waals surface area (Å²) in [5, 5.41) is 3.51. The van der Waals surface area contributed by atoms with Crippen molar-refractivity contribution >= 4 is 17.5 Å². The van der Waals surface area contributed by atoms with E-state index >= 15 is 0 Å². The summed E-state index contributed by atoms with van der Waals surface area (Å²) in [6, 6.07) is 11.1. The first-order valence-electron chi connectivity index (χ1n) is 8.07. The van der Waals surface area contributed by atoms with Gasteiger partial charge in [0, 0.05) is 5.02 Å². The second kappa shape index (κ2) is 7.66. The Morgan fingerprint density at radius 2 is 1.92 bits per heavy atom. The molecule has 1 aliphatic rings. The number of carbonyl (C=O) groups excluding carboxylic acids is 1. The molecule has 1 atom stereocenters. The van der Waals surface area contributed by atoms with Crippen molar-refractivity contribution in [1.29, 1.82) is 0 Å². The van der Waals surface area contributed by atoms with Crippen LogP contribution in [0.4, 0.5) is 0 Å². The van der Waals surface area contributed by atoms with E-state index in [0.29, 0.717) is 29.7 Å². The van der Waals surface area contributed by atoms with E-state index in [1.54, 1.807) is 0 Å². The fourth-order valence-electron chi connectivity index (χ4n) is 2.58. The summed E-state index contributed by atoms with van der Waals surface area (Å²) in [6.45, 7) is 4.49. The number of ether oxygens (including phenoxy) is 3. The summed E-state index contributed by atoms with van der Waals surface area (Å²) in [7, 11) is 0. The first-order chi connectivity index (χ1) is 12.0. The topological polar surface area (TPSA) is 56.8 Å². The SMILES string of the molecule is Cc1cc(OCC(=O)NC[C@H]2COc3ccccc3O2)cc(C)c1Cl. The lowest BCUT2D eigenvalue weighted by Crippen LogP contribution is -2.42. The van der Waals surface area contributed by atoms with Gasteiger partial charge in [-0.2, -0.15) is 0 Å². The van der Waals surface area contributed by atoms with Crippen LogP contribution in [0.2, 0.25) is 5.02 Å². The molecule has 25 heavy (non-hydrogen) atoms. The van der Waals surface area contributed by atoms with Crippen molar-refractivity contribution < 1.29 is 19.0 Å². The van der Waals surface area contributed by atoms with Gasteiger partial charge in [-0.3, -0.25) is 4.79 Å². The van der Waals surface area contributed by atoms with E-state index in [1.165, 1.54) is 0 Å². The molecular weight excluding hydrogens is 342 g/mol. The molecule has 0 aromatic heterocycles. The van der Waals surface area contributed by atoms with Crippen molar-refractivity contribution in [3.63, 3.8) is 0 Å². The van der Waals surface area contributed by atoms with Gasteiger partial charge in [-0.1, -0.05) is 23.7 Å². The zero-order valence-electron chi connectivity index (χ0n) is 14.2. The van der Waals surface area contributed by atoms with Gasteiger partial charge in [-0.15, -0.1) is 0 Å². The lowest BCUT2D eigenvalue weighted by molar-refractivity contribution is -0.123. The van der Waals surface area contributed by atoms with Crippen molar-refractivity contribution in [3.8, 4) is 17.2 Å². The molecule has 2 aromatic carbocycles. The largest absolute Gasteiger partial charge is 0.486 e. The van der Waals surface area contributed by atoms with Gasteiger partial charge >= 0.3 is 0 Å². The molecule has 0 fully saturated rings. The molecule has 0 radical (unpaired) electrons. The first-order valence-corrected chi connectivity index (χ1v) is 8.45. The molecule has 3 rings (SSSR count). The molecule has 5 nitrogen and oxygen atoms in total. The van der Waals surface area contributed by atoms with E-state index < -0.39 is 0 Å². The Bertz CT molecular complexity index is 755. The van der Waals surface area contributed by atoms with Crippen molar-refractivity contribution in [3.05, 3.63) is 52.5 Å². The van der Waals surface area contributed by atoms with Gasteiger partial charge in [0.1, 0.15) is 18.5 Å². The van der Waals surface area contributed by atoms with E-state index in [0.717, 1.165) is 16.9 Å². The number of hydrogen-bond acceptors (Lipinski definition) is 4. The van der Waals surface area contributed by atoms with Gasteiger partial charge in [0.15, 0.2) is 18.1 Å². The predicted octanol–water partition coefficient (Wildman–Crippen LogP) is 3.29. The molecular formula is C19H20ClNO4. The number of rotatable bonds is 5. The van der Waals surface area contributed by atoms with Crippen LogP contribution in [0.3, 0.4) is 0 Å². The fourth-order valence-corrected chi connectivity index (χ4v) is 2.69. The predicted molar refractivity (Wildman–Crippen MR) is 95.8 cm³/mol. The number of aryl methyl sites for hydroxylation is 2. The van der Waals surface area contributed by atoms with Crippen molar-refractivity contribution in [1.82, 2.24) is 5.32 Å². The molecule has 0 spiro atoms. The van der Waals surface area contributed by atoms with E-state index in [-0.39, 0.29) is 18.6 Å². The van der Waals surface area contributed by atoms with E-state index in [2.05, 4.69) is 5.32 Å². The third-order valence-corrected chi connectivity index (χ3v) is 4.47. The van der Waals surface area contributed by atoms with Gasteiger partial charge in [-0.05, 0) is 49.2 Å². The highest BCUT2D eigenvalue weighted by atomic mass is 35.5. The maximum Gasteiger partial charge on any atom is 0.258 e. The summed E-state index contributed by atoms with van der Waals surface area (Å²) >= 11 is 6.12. The molecule has 0 saturated heterocycles. The van der Waals surface area contributed by atoms with Crippen molar-refractivity contribution in [2.75, 3.05) is 19.8 Å². The molecule has 2 aromatic rings. The monoisotopic (exact) mass is 361 g/mol. The number of carbonyl (C=O) groups is 1. The zero-order chi connectivity index (χ0) is 17.8. The summed E-state index contributed by atoms with van der Waals surface area (Å²) in [6.07, 6.45) is -0.223. The highest BCUT2D eigenvalue weighted by molar-refractivity contribution is 6.32. The number of amides is 1. The number of fused-ring (bicyclic) bond motifs is 1. The Hall–Kier alpha value is -2.40. The molecule has 6 heteroatoms. The van der Waals surface area contributed by atoms with Gasteiger partial charge in [0.2, 0.25) is 0 Å². The number of nitrogens with one attached hydrogen (secondary N) is 1. The maximum atomic E-state index is 12.0. The average molecular weight is 362 g/mol. The smallest absolute Gasteiger partial charge is 0.258 e. The van der Waals surface area contributed by atoms with Gasteiger partial charge in [0.25, 0.3) is 5.91 Å². The van der Waals surface area contributed by atoms with Gasteiger partial charge in [-0.25, -0.2) is 0 Å². The van der Waals surface area contributed by atoms with Gasteiger partial charge in [0.05, 0.1) is 6.54 Å². The molecule has 0 unspecified atom stereocenters. The van der Waals surface area contributed by atoms with Crippen LogP contribution in [-0.4, -0.2) is 31.8 Å². The Kier molecular flexibility index (Phi) is 5.34. The van der Waals surface area contributed by atoms with Crippen molar-refractivity contribution in [2.24, 2.45) is 0 Å². The number of halogens is 1. The number of hydrogen-bond donors (Lipinski definition) is 1. The second-order valence-electron chi connectivity index (χ2n) is 5.96. The van der Waals surface area contributed by atoms with Crippen LogP contribution in [0, 0.1) is 13.8 Å². The lowest BCUT2D eigenvalue weighted by atomic mass is 10.1. The van der Waals surface area contributed by atoms with Crippen LogP contribution < -0.4 is 19.5 Å². The molecule has 0 aliphatic carbocycles. The zero-order valence-corrected chi connectivity index (χ0v) is 14.9. The third-order valence-electron chi connectivity index (χ3n) is 3.87. The molecule has 1 heterocycles. The van der Waals surface area contributed by atoms with Crippen molar-refractivity contribution in [2.45, 2.75) is 20.0 Å². The normalized spacial score (nSPS) is 15.6. The van der Waals surface area contributed by atoms with Crippen LogP contribution >= 0.6 is 11.6 Å². The van der Waals surface area contributed by atoms with Crippen LogP contribution in [-0.2, 0) is 4.79 Å². The molecule has 1 aliphatic heterocycles. The quantitative estimate of drug-likeness (QED) is 0.887. The standard InChI is InChI=1S/C19H20ClNO4/c1-12-7-14(8-13(2)19(12)20)23-11-18(22)21-9-15-10-24-16-5-3-4-6-17(16)25-15/h3-8,15H,9-11H2,1-2H3,(H,21,22)/t15-/m0/s1. The number of para-hydroxylation sites is 2. The fraction of sp³-hybridized carbons (Fsp3) is 0.316. The highest BCUT2D eigenvalue weighted by Gasteiger charge is 2.21. The minimum absolute atomic E-state index is 0.0648. The summed E-state index contributed by atoms with van der Waals surface area (Å²) in [5.41, 5.74) is 1.84. The molecule has 0 bridgehead atoms. The maximum absolute atomic E-state index is 12.0. The van der Waals surface area contributed by atoms with E-state index in [1.807, 2.05) is 50.2 Å². The van der Waals surface area contributed by atoms with Crippen LogP contribution in [0.1, 0.15) is 11.1 Å². The second-order valence-corrected chi connectivity index (χ2v) is 6.34. The molecule has 0 saturated carbocycles. The lowest BCUT2D eigenvalue weighted by Gasteiger charge is -2.26. The molecule has 132 valence electrons. The van der Waals surface area contributed by atoms with Gasteiger partial charge < -0.3 is 19.5 Å². The molecule has 1 amide bonds. The minimum atomic E-state index is -0.223. The first kappa shape index (κ1) is 17.4. The van der Waals surface area contributed by atoms with E-state index in [4.69, 9.17) is 25.8 Å². The van der Waals surface area contributed by atoms with Crippen LogP contribution in [0.5, 0.6) is 17.2 Å². The van der Waals surface area contributed by atoms with E-state index in [9.17, 15) is 4.79 Å². The van der Waals surface area contributed by atoms with Crippen LogP contribution in [0.15, 0.2) is 36.4 Å². The highest BCUT2D eigenvalue weighted by Crippen LogP contribution is 2.30. The Morgan fingerprint density at radius 1 is 1.24 bits per heavy atom. The third kappa shape index (κ3) is 4.37. The Balaban J connectivity index is 1.46. The Morgan fingerprint density at radius 3 is 2.64 bits per heavy atom. The summed E-state index contributed by atoms with van der Waals surface area (Å²) in [5.74, 6) is 1.83.